The number of aromatic hydroxyl groups is 1. The zero-order valence-corrected chi connectivity index (χ0v) is 29.6. The van der Waals surface area contributed by atoms with Gasteiger partial charge in [-0.2, -0.15) is 0 Å². The highest BCUT2D eigenvalue weighted by atomic mass is 79.9. The van der Waals surface area contributed by atoms with Gasteiger partial charge in [0.2, 0.25) is 11.8 Å². The van der Waals surface area contributed by atoms with Gasteiger partial charge in [-0.1, -0.05) is 47.5 Å². The Morgan fingerprint density at radius 1 is 0.880 bits per heavy atom. The molecule has 2 amide bonds. The van der Waals surface area contributed by atoms with E-state index in [1.807, 2.05) is 48.6 Å². The fourth-order valence-electron chi connectivity index (χ4n) is 7.65. The minimum absolute atomic E-state index is 0.0171. The number of phenolic OH excluding ortho intramolecular Hbond substituents is 1. The number of fused-ring (bicyclic) bond motifs is 3. The number of allylic oxidation sites excluding steroid dienone is 6. The van der Waals surface area contributed by atoms with Gasteiger partial charge < -0.3 is 19.3 Å². The summed E-state index contributed by atoms with van der Waals surface area (Å²) in [5.74, 6) is -2.76. The molecule has 0 saturated carbocycles. The predicted octanol–water partition coefficient (Wildman–Crippen LogP) is 7.21. The van der Waals surface area contributed by atoms with Crippen molar-refractivity contribution >= 4 is 68.8 Å². The first kappa shape index (κ1) is 33.6. The third-order valence-corrected chi connectivity index (χ3v) is 10.9. The van der Waals surface area contributed by atoms with Gasteiger partial charge in [-0.15, -0.1) is 0 Å². The van der Waals surface area contributed by atoms with Crippen LogP contribution >= 0.6 is 27.5 Å². The molecule has 4 atom stereocenters. The lowest BCUT2D eigenvalue weighted by molar-refractivity contribution is -0.123. The first-order chi connectivity index (χ1) is 24.1. The molecule has 1 fully saturated rings. The summed E-state index contributed by atoms with van der Waals surface area (Å²) >= 11 is 9.65. The number of anilines is 1. The lowest BCUT2D eigenvalue weighted by Crippen LogP contribution is -2.39. The fourth-order valence-corrected chi connectivity index (χ4v) is 8.31. The molecule has 1 aliphatic heterocycles. The van der Waals surface area contributed by atoms with Crippen molar-refractivity contribution in [2.45, 2.75) is 18.8 Å². The van der Waals surface area contributed by atoms with Gasteiger partial charge in [0.15, 0.2) is 23.1 Å². The van der Waals surface area contributed by atoms with E-state index in [9.17, 15) is 24.3 Å². The molecule has 3 aromatic rings. The number of ketones is 2. The van der Waals surface area contributed by atoms with Crippen LogP contribution in [0.25, 0.3) is 12.2 Å². The Bertz CT molecular complexity index is 2110. The summed E-state index contributed by atoms with van der Waals surface area (Å²) in [7, 11) is 4.58. The topological polar surface area (TPSA) is 119 Å². The maximum atomic E-state index is 14.3. The normalized spacial score (nSPS) is 23.0. The summed E-state index contributed by atoms with van der Waals surface area (Å²) in [6.45, 7) is 0. The summed E-state index contributed by atoms with van der Waals surface area (Å²) in [6.07, 6.45) is 7.39. The zero-order valence-electron chi connectivity index (χ0n) is 27.2. The molecule has 0 spiro atoms. The Morgan fingerprint density at radius 3 is 2.32 bits per heavy atom. The molecule has 4 aliphatic rings. The lowest BCUT2D eigenvalue weighted by atomic mass is 9.59. The molecule has 0 bridgehead atoms. The second kappa shape index (κ2) is 13.1. The molecule has 0 radical (unpaired) electrons. The Morgan fingerprint density at radius 2 is 1.62 bits per heavy atom. The monoisotopic (exact) mass is 755 g/mol. The van der Waals surface area contributed by atoms with E-state index in [0.717, 1.165) is 16.7 Å². The number of phenols is 1. The molecule has 9 nitrogen and oxygen atoms in total. The number of halogens is 2. The summed E-state index contributed by atoms with van der Waals surface area (Å²) in [5.41, 5.74) is 4.00. The van der Waals surface area contributed by atoms with Gasteiger partial charge in [0, 0.05) is 28.7 Å². The van der Waals surface area contributed by atoms with Crippen molar-refractivity contribution in [2.24, 2.45) is 17.8 Å². The molecule has 50 heavy (non-hydrogen) atoms. The zero-order chi connectivity index (χ0) is 35.4. The van der Waals surface area contributed by atoms with Gasteiger partial charge in [-0.05, 0) is 88.3 Å². The molecule has 0 aromatic heterocycles. The predicted molar refractivity (Wildman–Crippen MR) is 192 cm³/mol. The Kier molecular flexibility index (Phi) is 8.78. The van der Waals surface area contributed by atoms with E-state index < -0.39 is 23.7 Å². The van der Waals surface area contributed by atoms with Crippen LogP contribution in [0.15, 0.2) is 88.0 Å². The van der Waals surface area contributed by atoms with E-state index in [1.54, 1.807) is 38.5 Å². The van der Waals surface area contributed by atoms with E-state index >= 15 is 0 Å². The molecule has 1 N–H and O–H groups in total. The highest BCUT2D eigenvalue weighted by Gasteiger charge is 2.56. The van der Waals surface area contributed by atoms with Crippen LogP contribution in [0.1, 0.15) is 35.4 Å². The van der Waals surface area contributed by atoms with Crippen molar-refractivity contribution in [3.63, 3.8) is 0 Å². The second-order valence-electron chi connectivity index (χ2n) is 12.5. The Labute approximate surface area is 301 Å². The van der Waals surface area contributed by atoms with Crippen LogP contribution < -0.4 is 19.1 Å². The average Bonchev–Trinajstić information content (AvgIpc) is 3.38. The molecule has 1 saturated heterocycles. The highest BCUT2D eigenvalue weighted by Crippen LogP contribution is 2.56. The first-order valence-corrected chi connectivity index (χ1v) is 17.1. The van der Waals surface area contributed by atoms with E-state index in [-0.39, 0.29) is 57.2 Å². The van der Waals surface area contributed by atoms with Crippen molar-refractivity contribution in [3.05, 3.63) is 110 Å². The number of carbonyl (C=O) groups excluding carboxylic acids is 4. The minimum Gasteiger partial charge on any atom is -0.503 e. The maximum Gasteiger partial charge on any atom is 0.238 e. The lowest BCUT2D eigenvalue weighted by Gasteiger charge is -2.42. The maximum absolute atomic E-state index is 14.3. The number of nitrogens with zero attached hydrogens (tertiary/aromatic N) is 1. The van der Waals surface area contributed by atoms with E-state index in [0.29, 0.717) is 33.9 Å². The number of methoxy groups -OCH3 is 3. The van der Waals surface area contributed by atoms with Crippen molar-refractivity contribution < 1.29 is 38.5 Å². The smallest absolute Gasteiger partial charge is 0.238 e. The summed E-state index contributed by atoms with van der Waals surface area (Å²) in [4.78, 5) is 56.6. The number of imide groups is 1. The number of hydrogen-bond donors (Lipinski definition) is 1. The van der Waals surface area contributed by atoms with Gasteiger partial charge in [-0.3, -0.25) is 24.1 Å². The van der Waals surface area contributed by atoms with Crippen LogP contribution in [0.5, 0.6) is 23.0 Å². The molecular formula is C39H31BrClNO8. The second-order valence-corrected chi connectivity index (χ2v) is 13.8. The number of ether oxygens (including phenoxy) is 3. The molecule has 7 rings (SSSR count). The van der Waals surface area contributed by atoms with E-state index in [4.69, 9.17) is 25.8 Å². The minimum atomic E-state index is -0.749. The van der Waals surface area contributed by atoms with Crippen LogP contribution in [0.4, 0.5) is 5.69 Å². The number of carbonyl (C=O) groups is 4. The summed E-state index contributed by atoms with van der Waals surface area (Å²) in [5, 5.41) is 10.5. The molecule has 11 heteroatoms. The van der Waals surface area contributed by atoms with Crippen molar-refractivity contribution in [2.75, 3.05) is 26.2 Å². The fraction of sp³-hybridized carbons (Fsp3) is 0.231. The summed E-state index contributed by atoms with van der Waals surface area (Å²) in [6, 6.07) is 15.8. The van der Waals surface area contributed by atoms with Crippen molar-refractivity contribution in [3.8, 4) is 23.0 Å². The van der Waals surface area contributed by atoms with Gasteiger partial charge in [0.05, 0.1) is 48.4 Å². The summed E-state index contributed by atoms with van der Waals surface area (Å²) < 4.78 is 16.3. The number of hydrogen-bond acceptors (Lipinski definition) is 8. The van der Waals surface area contributed by atoms with Gasteiger partial charge in [0.25, 0.3) is 0 Å². The van der Waals surface area contributed by atoms with E-state index in [2.05, 4.69) is 15.9 Å². The number of rotatable bonds is 7. The first-order valence-electron chi connectivity index (χ1n) is 15.9. The molecule has 3 aromatic carbocycles. The standard InChI is InChI=1S/C39H31BrClNO8/c1-48-23-10-13-31(49-2)20(14-23)7-4-19-5-8-22(9-6-19)42-38(46)25-12-11-24-26(34(25)39(42)47)17-27-35(30(43)18-28(40)36(27)44)33(24)21-15-29(41)37(45)32(16-21)50-3/h4-11,13-16,18,25-26,33-34,45H,12,17H2,1-3H3/t25-,26+,33-,34-/m0/s1. The van der Waals surface area contributed by atoms with Crippen LogP contribution in [0, 0.1) is 17.8 Å². The molecule has 1 heterocycles. The number of benzene rings is 3. The van der Waals surface area contributed by atoms with Crippen LogP contribution in [-0.4, -0.2) is 49.8 Å². The molecule has 254 valence electrons. The third-order valence-electron chi connectivity index (χ3n) is 9.98. The van der Waals surface area contributed by atoms with Gasteiger partial charge >= 0.3 is 0 Å². The highest BCUT2D eigenvalue weighted by molar-refractivity contribution is 9.12. The van der Waals surface area contributed by atoms with E-state index in [1.165, 1.54) is 18.1 Å². The largest absolute Gasteiger partial charge is 0.503 e. The van der Waals surface area contributed by atoms with Crippen LogP contribution in [0.2, 0.25) is 5.02 Å². The SMILES string of the molecule is COc1ccc(OC)c(C=Cc2ccc(N3C(=O)[C@H]4[C@H](CC=C5[C@H](c6cc(Cl)c(O)c(OC)c6)C6=C(C[C@H]54)C(=O)C(Br)=CC6=O)C3=O)cc2)c1. The quantitative estimate of drug-likeness (QED) is 0.116. The van der Waals surface area contributed by atoms with Gasteiger partial charge in [-0.25, -0.2) is 0 Å². The Balaban J connectivity index is 1.22. The van der Waals surface area contributed by atoms with Crippen molar-refractivity contribution in [1.29, 1.82) is 0 Å². The number of amides is 2. The average molecular weight is 757 g/mol. The third kappa shape index (κ3) is 5.47. The van der Waals surface area contributed by atoms with Crippen molar-refractivity contribution in [1.82, 2.24) is 0 Å². The number of Topliss-reactive ketones (excluding diaryl/α,β-unsaturated/α-hetero) is 1. The molecular weight excluding hydrogens is 726 g/mol. The Hall–Kier alpha value is -4.93. The molecule has 0 unspecified atom stereocenters. The van der Waals surface area contributed by atoms with Crippen LogP contribution in [0.3, 0.4) is 0 Å². The molecule has 3 aliphatic carbocycles. The van der Waals surface area contributed by atoms with Crippen LogP contribution in [-0.2, 0) is 19.2 Å². The van der Waals surface area contributed by atoms with Gasteiger partial charge in [0.1, 0.15) is 11.5 Å².